The first-order valence-corrected chi connectivity index (χ1v) is 10.3. The molecule has 0 bridgehead atoms. The monoisotopic (exact) mass is 387 g/mol. The van der Waals surface area contributed by atoms with Crippen LogP contribution in [0.3, 0.4) is 0 Å². The minimum Gasteiger partial charge on any atom is -0.493 e. The molecule has 1 saturated heterocycles. The van der Waals surface area contributed by atoms with Gasteiger partial charge >= 0.3 is 0 Å². The standard InChI is InChI=1S/C24H25N3O2/c28-24(21-4-3-5-22(17-21)26-9-1-2-10-26)27-13-11-25(12-14-27)18-19-6-7-23-20(16-19)8-15-29-23/h1-7,9-10,16-17H,8,11-15,18H2. The molecule has 2 aromatic carbocycles. The number of nitrogens with zero attached hydrogens (tertiary/aromatic N) is 3. The fraction of sp³-hybridized carbons (Fsp3) is 0.292. The van der Waals surface area contributed by atoms with Crippen LogP contribution >= 0.6 is 0 Å². The molecule has 0 atom stereocenters. The van der Waals surface area contributed by atoms with Gasteiger partial charge in [0, 0.05) is 62.8 Å². The quantitative estimate of drug-likeness (QED) is 0.689. The van der Waals surface area contributed by atoms with E-state index in [4.69, 9.17) is 4.74 Å². The topological polar surface area (TPSA) is 37.7 Å². The molecule has 2 aliphatic rings. The Kier molecular flexibility index (Phi) is 4.82. The second-order valence-electron chi connectivity index (χ2n) is 7.75. The van der Waals surface area contributed by atoms with Crippen LogP contribution in [-0.2, 0) is 13.0 Å². The van der Waals surface area contributed by atoms with E-state index in [1.54, 1.807) is 0 Å². The Morgan fingerprint density at radius 1 is 0.931 bits per heavy atom. The normalized spacial score (nSPS) is 16.5. The molecule has 1 fully saturated rings. The van der Waals surface area contributed by atoms with Crippen LogP contribution in [-0.4, -0.2) is 53.1 Å². The molecule has 5 heteroatoms. The number of aromatic nitrogens is 1. The molecule has 148 valence electrons. The maximum Gasteiger partial charge on any atom is 0.254 e. The Hall–Kier alpha value is -3.05. The van der Waals surface area contributed by atoms with Gasteiger partial charge in [0.1, 0.15) is 5.75 Å². The van der Waals surface area contributed by atoms with Crippen molar-refractivity contribution in [3.8, 4) is 11.4 Å². The fourth-order valence-electron chi connectivity index (χ4n) is 4.19. The number of rotatable bonds is 4. The van der Waals surface area contributed by atoms with Crippen molar-refractivity contribution in [3.63, 3.8) is 0 Å². The van der Waals surface area contributed by atoms with Gasteiger partial charge in [-0.15, -0.1) is 0 Å². The third kappa shape index (κ3) is 3.78. The Bertz CT molecular complexity index is 1000. The van der Waals surface area contributed by atoms with Crippen molar-refractivity contribution in [1.82, 2.24) is 14.4 Å². The molecule has 3 aromatic rings. The van der Waals surface area contributed by atoms with Crippen molar-refractivity contribution in [1.29, 1.82) is 0 Å². The van der Waals surface area contributed by atoms with Crippen molar-refractivity contribution in [2.45, 2.75) is 13.0 Å². The highest BCUT2D eigenvalue weighted by molar-refractivity contribution is 5.94. The molecule has 5 nitrogen and oxygen atoms in total. The number of hydrogen-bond donors (Lipinski definition) is 0. The largest absolute Gasteiger partial charge is 0.493 e. The molecule has 29 heavy (non-hydrogen) atoms. The Morgan fingerprint density at radius 3 is 2.59 bits per heavy atom. The van der Waals surface area contributed by atoms with Gasteiger partial charge in [0.05, 0.1) is 6.61 Å². The van der Waals surface area contributed by atoms with Crippen LogP contribution in [0, 0.1) is 0 Å². The number of carbonyl (C=O) groups is 1. The highest BCUT2D eigenvalue weighted by Gasteiger charge is 2.23. The zero-order valence-electron chi connectivity index (χ0n) is 16.5. The Labute approximate surface area is 171 Å². The third-order valence-electron chi connectivity index (χ3n) is 5.82. The highest BCUT2D eigenvalue weighted by Crippen LogP contribution is 2.26. The van der Waals surface area contributed by atoms with E-state index in [1.165, 1.54) is 11.1 Å². The first kappa shape index (κ1) is 18.0. The summed E-state index contributed by atoms with van der Waals surface area (Å²) >= 11 is 0. The molecule has 0 N–H and O–H groups in total. The number of carbonyl (C=O) groups excluding carboxylic acids is 1. The van der Waals surface area contributed by atoms with Gasteiger partial charge in [0.15, 0.2) is 0 Å². The molecule has 5 rings (SSSR count). The third-order valence-corrected chi connectivity index (χ3v) is 5.82. The molecule has 0 aliphatic carbocycles. The number of ether oxygens (including phenoxy) is 1. The van der Waals surface area contributed by atoms with Gasteiger partial charge in [-0.25, -0.2) is 0 Å². The smallest absolute Gasteiger partial charge is 0.254 e. The molecule has 0 unspecified atom stereocenters. The van der Waals surface area contributed by atoms with E-state index in [-0.39, 0.29) is 5.91 Å². The van der Waals surface area contributed by atoms with Gasteiger partial charge in [0.25, 0.3) is 5.91 Å². The van der Waals surface area contributed by atoms with Crippen LogP contribution in [0.25, 0.3) is 5.69 Å². The molecule has 2 aliphatic heterocycles. The summed E-state index contributed by atoms with van der Waals surface area (Å²) in [5.74, 6) is 1.15. The van der Waals surface area contributed by atoms with Gasteiger partial charge in [-0.3, -0.25) is 9.69 Å². The van der Waals surface area contributed by atoms with Gasteiger partial charge in [-0.2, -0.15) is 0 Å². The van der Waals surface area contributed by atoms with Gasteiger partial charge in [-0.05, 0) is 47.5 Å². The molecule has 0 radical (unpaired) electrons. The van der Waals surface area contributed by atoms with E-state index in [2.05, 4.69) is 23.1 Å². The summed E-state index contributed by atoms with van der Waals surface area (Å²) in [5.41, 5.74) is 4.41. The summed E-state index contributed by atoms with van der Waals surface area (Å²) in [6.07, 6.45) is 4.99. The van der Waals surface area contributed by atoms with Crippen LogP contribution in [0.1, 0.15) is 21.5 Å². The van der Waals surface area contributed by atoms with Crippen molar-refractivity contribution >= 4 is 5.91 Å². The summed E-state index contributed by atoms with van der Waals surface area (Å²) in [6, 6.07) is 18.4. The lowest BCUT2D eigenvalue weighted by Crippen LogP contribution is -2.48. The zero-order valence-corrected chi connectivity index (χ0v) is 16.5. The zero-order chi connectivity index (χ0) is 19.6. The summed E-state index contributed by atoms with van der Waals surface area (Å²) in [4.78, 5) is 17.4. The van der Waals surface area contributed by atoms with Crippen LogP contribution in [0.5, 0.6) is 5.75 Å². The lowest BCUT2D eigenvalue weighted by molar-refractivity contribution is 0.0628. The highest BCUT2D eigenvalue weighted by atomic mass is 16.5. The lowest BCUT2D eigenvalue weighted by atomic mass is 10.1. The van der Waals surface area contributed by atoms with Crippen molar-refractivity contribution < 1.29 is 9.53 Å². The molecular formula is C24H25N3O2. The van der Waals surface area contributed by atoms with E-state index in [0.717, 1.165) is 62.8 Å². The van der Waals surface area contributed by atoms with Gasteiger partial charge < -0.3 is 14.2 Å². The van der Waals surface area contributed by atoms with Gasteiger partial charge in [-0.1, -0.05) is 18.2 Å². The molecule has 0 spiro atoms. The molecule has 3 heterocycles. The number of benzene rings is 2. The number of hydrogen-bond acceptors (Lipinski definition) is 3. The van der Waals surface area contributed by atoms with Crippen LogP contribution < -0.4 is 4.74 Å². The number of amides is 1. The van der Waals surface area contributed by atoms with Crippen LogP contribution in [0.2, 0.25) is 0 Å². The fourth-order valence-corrected chi connectivity index (χ4v) is 4.19. The summed E-state index contributed by atoms with van der Waals surface area (Å²) in [5, 5.41) is 0. The molecule has 1 aromatic heterocycles. The minimum absolute atomic E-state index is 0.119. The van der Waals surface area contributed by atoms with Crippen LogP contribution in [0.15, 0.2) is 67.0 Å². The first-order chi connectivity index (χ1) is 14.3. The maximum absolute atomic E-state index is 13.0. The second-order valence-corrected chi connectivity index (χ2v) is 7.75. The Balaban J connectivity index is 1.20. The van der Waals surface area contributed by atoms with Crippen molar-refractivity contribution in [3.05, 3.63) is 83.7 Å². The van der Waals surface area contributed by atoms with E-state index in [1.807, 2.05) is 58.3 Å². The predicted molar refractivity (Wildman–Crippen MR) is 113 cm³/mol. The minimum atomic E-state index is 0.119. The van der Waals surface area contributed by atoms with E-state index in [9.17, 15) is 4.79 Å². The predicted octanol–water partition coefficient (Wildman–Crippen LogP) is 3.37. The van der Waals surface area contributed by atoms with E-state index in [0.29, 0.717) is 0 Å². The average Bonchev–Trinajstić information content (AvgIpc) is 3.46. The molecule has 0 saturated carbocycles. The molecular weight excluding hydrogens is 362 g/mol. The lowest BCUT2D eigenvalue weighted by Gasteiger charge is -2.35. The Morgan fingerprint density at radius 2 is 1.76 bits per heavy atom. The first-order valence-electron chi connectivity index (χ1n) is 10.3. The summed E-state index contributed by atoms with van der Waals surface area (Å²) in [7, 11) is 0. The van der Waals surface area contributed by atoms with E-state index >= 15 is 0 Å². The SMILES string of the molecule is O=C(c1cccc(-n2cccc2)c1)N1CCN(Cc2ccc3c(c2)CCO3)CC1. The maximum atomic E-state index is 13.0. The van der Waals surface area contributed by atoms with Crippen LogP contribution in [0.4, 0.5) is 0 Å². The second kappa shape index (κ2) is 7.76. The van der Waals surface area contributed by atoms with E-state index < -0.39 is 0 Å². The average molecular weight is 387 g/mol. The summed E-state index contributed by atoms with van der Waals surface area (Å²) < 4.78 is 7.62. The summed E-state index contributed by atoms with van der Waals surface area (Å²) in [6.45, 7) is 5.05. The van der Waals surface area contributed by atoms with Crippen molar-refractivity contribution in [2.24, 2.45) is 0 Å². The number of piperazine rings is 1. The number of fused-ring (bicyclic) bond motifs is 1. The van der Waals surface area contributed by atoms with Gasteiger partial charge in [0.2, 0.25) is 0 Å². The molecule has 1 amide bonds. The van der Waals surface area contributed by atoms with Crippen molar-refractivity contribution in [2.75, 3.05) is 32.8 Å².